The predicted octanol–water partition coefficient (Wildman–Crippen LogP) is 1.22. The third kappa shape index (κ3) is 2.58. The molecule has 3 nitrogen and oxygen atoms in total. The van der Waals surface area contributed by atoms with Gasteiger partial charge in [-0.1, -0.05) is 12.2 Å². The van der Waals surface area contributed by atoms with Gasteiger partial charge in [0.1, 0.15) is 0 Å². The molecule has 1 aliphatic heterocycles. The summed E-state index contributed by atoms with van der Waals surface area (Å²) in [4.78, 5) is 0. The van der Waals surface area contributed by atoms with Crippen molar-refractivity contribution in [2.45, 2.75) is 19.3 Å². The quantitative estimate of drug-likeness (QED) is 0.768. The van der Waals surface area contributed by atoms with Gasteiger partial charge in [-0.2, -0.15) is 0 Å². The Balaban J connectivity index is 1.40. The van der Waals surface area contributed by atoms with Crippen LogP contribution in [0.2, 0.25) is 0 Å². The molecule has 1 N–H and O–H groups in total. The highest BCUT2D eigenvalue weighted by Crippen LogP contribution is 2.42. The fourth-order valence-electron chi connectivity index (χ4n) is 3.64. The van der Waals surface area contributed by atoms with Crippen molar-refractivity contribution in [2.24, 2.45) is 23.7 Å². The van der Waals surface area contributed by atoms with E-state index in [1.165, 1.54) is 12.8 Å². The Morgan fingerprint density at radius 2 is 2.06 bits per heavy atom. The van der Waals surface area contributed by atoms with Crippen molar-refractivity contribution >= 4 is 9.84 Å². The first kappa shape index (κ1) is 11.7. The Bertz CT molecular complexity index is 415. The fourth-order valence-corrected chi connectivity index (χ4v) is 5.50. The first-order chi connectivity index (χ1) is 8.12. The van der Waals surface area contributed by atoms with E-state index in [-0.39, 0.29) is 0 Å². The standard InChI is InChI=1S/C13H21NO2S/c15-17(16)4-3-11(9-17)7-14-8-13-6-10-1-2-12(13)5-10/h1-2,10-14H,3-9H2. The summed E-state index contributed by atoms with van der Waals surface area (Å²) in [5.41, 5.74) is 0. The van der Waals surface area contributed by atoms with Gasteiger partial charge in [0, 0.05) is 0 Å². The van der Waals surface area contributed by atoms with Crippen LogP contribution in [0, 0.1) is 23.7 Å². The molecule has 4 heteroatoms. The van der Waals surface area contributed by atoms with E-state index in [1.54, 1.807) is 0 Å². The molecule has 96 valence electrons. The molecular formula is C13H21NO2S. The second-order valence-corrected chi connectivity index (χ2v) is 8.20. The smallest absolute Gasteiger partial charge is 0.150 e. The molecule has 0 aromatic rings. The molecule has 17 heavy (non-hydrogen) atoms. The average Bonchev–Trinajstić information content (AvgIpc) is 2.93. The maximum Gasteiger partial charge on any atom is 0.150 e. The molecule has 0 aromatic carbocycles. The van der Waals surface area contributed by atoms with Crippen molar-refractivity contribution < 1.29 is 8.42 Å². The Morgan fingerprint density at radius 1 is 1.18 bits per heavy atom. The average molecular weight is 255 g/mol. The van der Waals surface area contributed by atoms with Crippen molar-refractivity contribution in [3.05, 3.63) is 12.2 Å². The van der Waals surface area contributed by atoms with Crippen LogP contribution in [0.5, 0.6) is 0 Å². The number of rotatable bonds is 4. The van der Waals surface area contributed by atoms with E-state index in [0.29, 0.717) is 17.4 Å². The first-order valence-electron chi connectivity index (χ1n) is 6.72. The second-order valence-electron chi connectivity index (χ2n) is 5.97. The Morgan fingerprint density at radius 3 is 2.65 bits per heavy atom. The van der Waals surface area contributed by atoms with Crippen LogP contribution in [0.15, 0.2) is 12.2 Å². The van der Waals surface area contributed by atoms with Crippen molar-refractivity contribution in [2.75, 3.05) is 24.6 Å². The molecule has 0 aromatic heterocycles. The van der Waals surface area contributed by atoms with Crippen molar-refractivity contribution in [3.63, 3.8) is 0 Å². The van der Waals surface area contributed by atoms with Gasteiger partial charge in [0.05, 0.1) is 11.5 Å². The van der Waals surface area contributed by atoms with Gasteiger partial charge in [-0.25, -0.2) is 8.42 Å². The molecule has 4 unspecified atom stereocenters. The third-order valence-electron chi connectivity index (χ3n) is 4.58. The summed E-state index contributed by atoms with van der Waals surface area (Å²) in [5.74, 6) is 3.57. The van der Waals surface area contributed by atoms with Gasteiger partial charge in [0.25, 0.3) is 0 Å². The lowest BCUT2D eigenvalue weighted by Crippen LogP contribution is -2.30. The minimum atomic E-state index is -2.70. The largest absolute Gasteiger partial charge is 0.316 e. The minimum absolute atomic E-state index is 0.356. The molecule has 1 saturated carbocycles. The number of sulfone groups is 1. The number of fused-ring (bicyclic) bond motifs is 2. The highest BCUT2D eigenvalue weighted by Gasteiger charge is 2.35. The van der Waals surface area contributed by atoms with Gasteiger partial charge >= 0.3 is 0 Å². The Kier molecular flexibility index (Phi) is 3.03. The molecule has 2 fully saturated rings. The molecule has 2 aliphatic carbocycles. The number of allylic oxidation sites excluding steroid dienone is 2. The molecule has 4 atom stereocenters. The van der Waals surface area contributed by atoms with E-state index in [2.05, 4.69) is 17.5 Å². The maximum absolute atomic E-state index is 11.3. The Hall–Kier alpha value is -0.350. The van der Waals surface area contributed by atoms with Crippen molar-refractivity contribution in [3.8, 4) is 0 Å². The summed E-state index contributed by atoms with van der Waals surface area (Å²) < 4.78 is 22.7. The van der Waals surface area contributed by atoms with Gasteiger partial charge in [-0.05, 0) is 56.0 Å². The second kappa shape index (κ2) is 4.39. The summed E-state index contributed by atoms with van der Waals surface area (Å²) in [7, 11) is -2.70. The van der Waals surface area contributed by atoms with Crippen molar-refractivity contribution in [1.29, 1.82) is 0 Å². The van der Waals surface area contributed by atoms with Crippen LogP contribution in [0.1, 0.15) is 19.3 Å². The van der Waals surface area contributed by atoms with Gasteiger partial charge in [0.2, 0.25) is 0 Å². The van der Waals surface area contributed by atoms with Gasteiger partial charge in [0.15, 0.2) is 9.84 Å². The molecule has 1 heterocycles. The zero-order chi connectivity index (χ0) is 11.9. The molecule has 3 rings (SSSR count). The fraction of sp³-hybridized carbons (Fsp3) is 0.846. The molecule has 3 aliphatic rings. The number of nitrogens with one attached hydrogen (secondary N) is 1. The number of hydrogen-bond acceptors (Lipinski definition) is 3. The van der Waals surface area contributed by atoms with Gasteiger partial charge in [-0.15, -0.1) is 0 Å². The third-order valence-corrected chi connectivity index (χ3v) is 6.42. The summed E-state index contributed by atoms with van der Waals surface area (Å²) in [6.45, 7) is 1.96. The lowest BCUT2D eigenvalue weighted by atomic mass is 9.93. The lowest BCUT2D eigenvalue weighted by molar-refractivity contribution is 0.396. The Labute approximate surface area is 104 Å². The minimum Gasteiger partial charge on any atom is -0.316 e. The van der Waals surface area contributed by atoms with E-state index < -0.39 is 9.84 Å². The highest BCUT2D eigenvalue weighted by atomic mass is 32.2. The van der Waals surface area contributed by atoms with Crippen LogP contribution in [-0.4, -0.2) is 33.0 Å². The SMILES string of the molecule is O=S1(=O)CCC(CNCC2CC3C=CC2C3)C1. The molecule has 0 radical (unpaired) electrons. The molecule has 1 saturated heterocycles. The summed E-state index contributed by atoms with van der Waals surface area (Å²) >= 11 is 0. The van der Waals surface area contributed by atoms with E-state index in [1.807, 2.05) is 0 Å². The van der Waals surface area contributed by atoms with Crippen LogP contribution in [0.25, 0.3) is 0 Å². The molecule has 2 bridgehead atoms. The predicted molar refractivity (Wildman–Crippen MR) is 68.5 cm³/mol. The highest BCUT2D eigenvalue weighted by molar-refractivity contribution is 7.91. The van der Waals surface area contributed by atoms with E-state index in [0.717, 1.165) is 37.3 Å². The number of hydrogen-bond donors (Lipinski definition) is 1. The lowest BCUT2D eigenvalue weighted by Gasteiger charge is -2.19. The monoisotopic (exact) mass is 255 g/mol. The van der Waals surface area contributed by atoms with Crippen molar-refractivity contribution in [1.82, 2.24) is 5.32 Å². The topological polar surface area (TPSA) is 46.2 Å². The molecule has 0 amide bonds. The summed E-state index contributed by atoms with van der Waals surface area (Å²) in [6.07, 6.45) is 8.28. The zero-order valence-electron chi connectivity index (χ0n) is 10.1. The van der Waals surface area contributed by atoms with Crippen LogP contribution in [-0.2, 0) is 9.84 Å². The molecule has 0 spiro atoms. The summed E-state index contributed by atoms with van der Waals surface area (Å²) in [6, 6.07) is 0. The van der Waals surface area contributed by atoms with E-state index >= 15 is 0 Å². The van der Waals surface area contributed by atoms with Gasteiger partial charge < -0.3 is 5.32 Å². The maximum atomic E-state index is 11.3. The van der Waals surface area contributed by atoms with Crippen LogP contribution < -0.4 is 5.32 Å². The molecular weight excluding hydrogens is 234 g/mol. The first-order valence-corrected chi connectivity index (χ1v) is 8.54. The van der Waals surface area contributed by atoms with Crippen LogP contribution >= 0.6 is 0 Å². The zero-order valence-corrected chi connectivity index (χ0v) is 11.0. The summed E-state index contributed by atoms with van der Waals surface area (Å²) in [5, 5.41) is 3.49. The van der Waals surface area contributed by atoms with E-state index in [9.17, 15) is 8.42 Å². The van der Waals surface area contributed by atoms with Crippen LogP contribution in [0.4, 0.5) is 0 Å². The van der Waals surface area contributed by atoms with E-state index in [4.69, 9.17) is 0 Å². The van der Waals surface area contributed by atoms with Gasteiger partial charge in [-0.3, -0.25) is 0 Å². The normalized spacial score (nSPS) is 42.4. The van der Waals surface area contributed by atoms with Crippen LogP contribution in [0.3, 0.4) is 0 Å².